The molecule has 1 fully saturated rings. The van der Waals surface area contributed by atoms with E-state index in [9.17, 15) is 4.79 Å². The maximum absolute atomic E-state index is 12.8. The Bertz CT molecular complexity index is 991. The summed E-state index contributed by atoms with van der Waals surface area (Å²) in [5.41, 5.74) is 2.50. The predicted octanol–water partition coefficient (Wildman–Crippen LogP) is 2.81. The van der Waals surface area contributed by atoms with Crippen LogP contribution in [0.15, 0.2) is 60.0 Å². The van der Waals surface area contributed by atoms with Crippen LogP contribution in [-0.4, -0.2) is 45.6 Å². The number of hydrogen-bond donors (Lipinski definition) is 2. The first-order valence-electron chi connectivity index (χ1n) is 9.34. The van der Waals surface area contributed by atoms with Gasteiger partial charge in [-0.1, -0.05) is 36.4 Å². The third kappa shape index (κ3) is 3.53. The Kier molecular flexibility index (Phi) is 4.81. The van der Waals surface area contributed by atoms with Crippen molar-refractivity contribution in [3.63, 3.8) is 0 Å². The highest BCUT2D eigenvalue weighted by molar-refractivity contribution is 5.75. The SMILES string of the molecule is C=CCn1c(N[C@@H]2C[C@H](c3ccccc3)CN(C)C2)nc2cc[nH]c2c1=O. The zero-order valence-electron chi connectivity index (χ0n) is 15.6. The van der Waals surface area contributed by atoms with Crippen molar-refractivity contribution in [3.05, 3.63) is 71.2 Å². The second-order valence-corrected chi connectivity index (χ2v) is 7.28. The molecule has 0 saturated carbocycles. The second kappa shape index (κ2) is 7.40. The fourth-order valence-electron chi connectivity index (χ4n) is 4.01. The van der Waals surface area contributed by atoms with Gasteiger partial charge in [-0.25, -0.2) is 4.98 Å². The summed E-state index contributed by atoms with van der Waals surface area (Å²) >= 11 is 0. The molecule has 0 radical (unpaired) electrons. The lowest BCUT2D eigenvalue weighted by Crippen LogP contribution is -2.44. The summed E-state index contributed by atoms with van der Waals surface area (Å²) < 4.78 is 1.65. The standard InChI is InChI=1S/C21H25N5O/c1-3-11-26-20(27)19-18(9-10-22-19)24-21(26)23-17-12-16(13-25(2)14-17)15-7-5-4-6-8-15/h3-10,16-17,22H,1,11-14H2,2H3,(H,23,24)/t16-,17+/m0/s1. The number of piperidine rings is 1. The molecule has 140 valence electrons. The molecule has 0 unspecified atom stereocenters. The highest BCUT2D eigenvalue weighted by atomic mass is 16.1. The Balaban J connectivity index is 1.63. The molecule has 0 bridgehead atoms. The van der Waals surface area contributed by atoms with E-state index in [2.05, 4.69) is 64.1 Å². The monoisotopic (exact) mass is 363 g/mol. The van der Waals surface area contributed by atoms with Crippen LogP contribution in [0.2, 0.25) is 0 Å². The number of aromatic nitrogens is 3. The predicted molar refractivity (Wildman–Crippen MR) is 109 cm³/mol. The summed E-state index contributed by atoms with van der Waals surface area (Å²) in [4.78, 5) is 22.8. The van der Waals surface area contributed by atoms with Gasteiger partial charge < -0.3 is 15.2 Å². The minimum Gasteiger partial charge on any atom is -0.355 e. The van der Waals surface area contributed by atoms with Gasteiger partial charge in [-0.05, 0) is 31.0 Å². The maximum atomic E-state index is 12.8. The normalized spacial score (nSPS) is 20.6. The van der Waals surface area contributed by atoms with Crippen LogP contribution in [0.3, 0.4) is 0 Å². The van der Waals surface area contributed by atoms with Crippen molar-refractivity contribution in [1.29, 1.82) is 0 Å². The average Bonchev–Trinajstić information content (AvgIpc) is 3.14. The molecule has 6 nitrogen and oxygen atoms in total. The molecule has 0 spiro atoms. The number of nitrogens with one attached hydrogen (secondary N) is 2. The summed E-state index contributed by atoms with van der Waals surface area (Å²) in [6, 6.07) is 12.7. The van der Waals surface area contributed by atoms with Gasteiger partial charge in [0.2, 0.25) is 5.95 Å². The minimum atomic E-state index is -0.0730. The number of nitrogens with zero attached hydrogens (tertiary/aromatic N) is 3. The molecule has 0 aliphatic carbocycles. The molecule has 2 aromatic heterocycles. The van der Waals surface area contributed by atoms with Crippen LogP contribution in [0, 0.1) is 0 Å². The van der Waals surface area contributed by atoms with Crippen molar-refractivity contribution in [2.24, 2.45) is 0 Å². The Morgan fingerprint density at radius 2 is 2.11 bits per heavy atom. The summed E-state index contributed by atoms with van der Waals surface area (Å²) in [6.45, 7) is 6.16. The van der Waals surface area contributed by atoms with E-state index in [1.54, 1.807) is 16.8 Å². The van der Waals surface area contributed by atoms with Gasteiger partial charge in [0.1, 0.15) is 5.52 Å². The molecule has 4 rings (SSSR count). The van der Waals surface area contributed by atoms with Gasteiger partial charge in [-0.2, -0.15) is 0 Å². The first kappa shape index (κ1) is 17.5. The van der Waals surface area contributed by atoms with Crippen LogP contribution in [0.4, 0.5) is 5.95 Å². The Morgan fingerprint density at radius 1 is 1.30 bits per heavy atom. The zero-order valence-corrected chi connectivity index (χ0v) is 15.6. The van der Waals surface area contributed by atoms with E-state index in [-0.39, 0.29) is 11.6 Å². The van der Waals surface area contributed by atoms with E-state index in [0.29, 0.717) is 29.4 Å². The molecule has 1 aliphatic rings. The third-order valence-corrected chi connectivity index (χ3v) is 5.22. The highest BCUT2D eigenvalue weighted by Crippen LogP contribution is 2.27. The number of benzene rings is 1. The van der Waals surface area contributed by atoms with Crippen molar-refractivity contribution in [3.8, 4) is 0 Å². The van der Waals surface area contributed by atoms with E-state index >= 15 is 0 Å². The van der Waals surface area contributed by atoms with E-state index in [4.69, 9.17) is 0 Å². The largest absolute Gasteiger partial charge is 0.355 e. The quantitative estimate of drug-likeness (QED) is 0.684. The average molecular weight is 363 g/mol. The molecule has 3 heterocycles. The number of hydrogen-bond acceptors (Lipinski definition) is 4. The van der Waals surface area contributed by atoms with Crippen molar-refractivity contribution in [2.75, 3.05) is 25.5 Å². The van der Waals surface area contributed by atoms with Crippen LogP contribution in [-0.2, 0) is 6.54 Å². The number of aromatic amines is 1. The van der Waals surface area contributed by atoms with Crippen molar-refractivity contribution >= 4 is 17.0 Å². The van der Waals surface area contributed by atoms with Gasteiger partial charge >= 0.3 is 0 Å². The number of fused-ring (bicyclic) bond motifs is 1. The first-order valence-corrected chi connectivity index (χ1v) is 9.34. The lowest BCUT2D eigenvalue weighted by Gasteiger charge is -2.36. The Labute approximate surface area is 158 Å². The van der Waals surface area contributed by atoms with E-state index < -0.39 is 0 Å². The number of anilines is 1. The number of rotatable bonds is 5. The fraction of sp³-hybridized carbons (Fsp3) is 0.333. The minimum absolute atomic E-state index is 0.0730. The molecule has 1 aliphatic heterocycles. The molecule has 2 atom stereocenters. The lowest BCUT2D eigenvalue weighted by molar-refractivity contribution is 0.235. The Morgan fingerprint density at radius 3 is 2.89 bits per heavy atom. The number of H-pyrrole nitrogens is 1. The number of likely N-dealkylation sites (N-methyl/N-ethyl adjacent to an activating group) is 1. The van der Waals surface area contributed by atoms with Crippen molar-refractivity contribution < 1.29 is 0 Å². The molecule has 6 heteroatoms. The third-order valence-electron chi connectivity index (χ3n) is 5.22. The smallest absolute Gasteiger partial charge is 0.279 e. The summed E-state index contributed by atoms with van der Waals surface area (Å²) in [5.74, 6) is 1.07. The number of allylic oxidation sites excluding steroid dienone is 1. The summed E-state index contributed by atoms with van der Waals surface area (Å²) in [7, 11) is 2.14. The van der Waals surface area contributed by atoms with Crippen LogP contribution in [0.5, 0.6) is 0 Å². The van der Waals surface area contributed by atoms with Gasteiger partial charge in [0.15, 0.2) is 0 Å². The van der Waals surface area contributed by atoms with Gasteiger partial charge in [0, 0.05) is 31.9 Å². The Hall–Kier alpha value is -2.86. The fourth-order valence-corrected chi connectivity index (χ4v) is 4.01. The summed E-state index contributed by atoms with van der Waals surface area (Å²) in [6.07, 6.45) is 4.48. The molecule has 1 aromatic carbocycles. The van der Waals surface area contributed by atoms with Gasteiger partial charge in [0.25, 0.3) is 5.56 Å². The molecular formula is C21H25N5O. The molecule has 2 N–H and O–H groups in total. The lowest BCUT2D eigenvalue weighted by atomic mass is 9.88. The van der Waals surface area contributed by atoms with E-state index in [0.717, 1.165) is 19.5 Å². The molecule has 1 saturated heterocycles. The molecule has 3 aromatic rings. The van der Waals surface area contributed by atoms with E-state index in [1.807, 2.05) is 6.07 Å². The molecule has 27 heavy (non-hydrogen) atoms. The van der Waals surface area contributed by atoms with Crippen molar-refractivity contribution in [1.82, 2.24) is 19.4 Å². The molecular weight excluding hydrogens is 338 g/mol. The van der Waals surface area contributed by atoms with Crippen LogP contribution < -0.4 is 10.9 Å². The van der Waals surface area contributed by atoms with Crippen LogP contribution in [0.1, 0.15) is 17.9 Å². The van der Waals surface area contributed by atoms with E-state index in [1.165, 1.54) is 5.56 Å². The second-order valence-electron chi connectivity index (χ2n) is 7.28. The molecule has 0 amide bonds. The van der Waals surface area contributed by atoms with Crippen molar-refractivity contribution in [2.45, 2.75) is 24.9 Å². The maximum Gasteiger partial charge on any atom is 0.279 e. The first-order chi connectivity index (χ1) is 13.2. The highest BCUT2D eigenvalue weighted by Gasteiger charge is 2.27. The summed E-state index contributed by atoms with van der Waals surface area (Å²) in [5, 5.41) is 3.54. The van der Waals surface area contributed by atoms with Gasteiger partial charge in [-0.3, -0.25) is 9.36 Å². The van der Waals surface area contributed by atoms with Gasteiger partial charge in [0.05, 0.1) is 5.52 Å². The zero-order chi connectivity index (χ0) is 18.8. The topological polar surface area (TPSA) is 66.0 Å². The van der Waals surface area contributed by atoms with Gasteiger partial charge in [-0.15, -0.1) is 6.58 Å². The van der Waals surface area contributed by atoms with Crippen LogP contribution in [0.25, 0.3) is 11.0 Å². The van der Waals surface area contributed by atoms with Crippen LogP contribution >= 0.6 is 0 Å². The number of likely N-dealkylation sites (tertiary alicyclic amines) is 1.